The van der Waals surface area contributed by atoms with Gasteiger partial charge in [0.1, 0.15) is 29.6 Å². The van der Waals surface area contributed by atoms with Crippen molar-refractivity contribution < 1.29 is 38.1 Å². The predicted molar refractivity (Wildman–Crippen MR) is 255 cm³/mol. The molecule has 2 N–H and O–H groups in total. The molecule has 0 aromatic heterocycles. The summed E-state index contributed by atoms with van der Waals surface area (Å²) < 4.78 is 34.5. The SMILES string of the molecule is CC1(C)c2cccc(P(c3ccccc3)c3ccccc3)c2Oc2c([PH+](c3ccccc3)c3ccccc3)cccc21.CS(=O)(=O)[O-].Nc1ccccc1-c1[c-]cccc1.[Pd+2]. The molecule has 5 nitrogen and oxygen atoms in total. The molecule has 0 amide bonds. The maximum absolute atomic E-state index is 9.08. The van der Waals surface area contributed by atoms with E-state index in [0.29, 0.717) is 6.26 Å². The van der Waals surface area contributed by atoms with Gasteiger partial charge in [-0.3, -0.25) is 0 Å². The first-order valence-electron chi connectivity index (χ1n) is 19.6. The molecule has 1 aliphatic heterocycles. The van der Waals surface area contributed by atoms with Gasteiger partial charge in [-0.2, -0.15) is 0 Å². The van der Waals surface area contributed by atoms with Gasteiger partial charge in [0.05, 0.1) is 10.1 Å². The first-order valence-corrected chi connectivity index (χ1v) is 24.2. The van der Waals surface area contributed by atoms with Crippen molar-refractivity contribution in [3.8, 4) is 22.6 Å². The van der Waals surface area contributed by atoms with Crippen LogP contribution in [-0.4, -0.2) is 19.2 Å². The third-order valence-electron chi connectivity index (χ3n) is 10.2. The number of hydrogen-bond acceptors (Lipinski definition) is 5. The minimum atomic E-state index is -3.92. The molecule has 1 heterocycles. The third kappa shape index (κ3) is 11.0. The van der Waals surface area contributed by atoms with Crippen LogP contribution in [0.2, 0.25) is 0 Å². The van der Waals surface area contributed by atoms with Crippen LogP contribution in [0.5, 0.6) is 11.5 Å². The van der Waals surface area contributed by atoms with Gasteiger partial charge in [0.25, 0.3) is 0 Å². The predicted octanol–water partition coefficient (Wildman–Crippen LogP) is 9.26. The number of nitrogen functional groups attached to an aromatic ring is 1. The normalized spacial score (nSPS) is 12.2. The largest absolute Gasteiger partial charge is 2.00 e. The van der Waals surface area contributed by atoms with Crippen molar-refractivity contribution in [2.45, 2.75) is 19.3 Å². The van der Waals surface area contributed by atoms with Gasteiger partial charge in [-0.05, 0) is 60.6 Å². The van der Waals surface area contributed by atoms with E-state index in [-0.39, 0.29) is 25.8 Å². The van der Waals surface area contributed by atoms with Crippen LogP contribution >= 0.6 is 15.8 Å². The molecule has 0 bridgehead atoms. The summed E-state index contributed by atoms with van der Waals surface area (Å²) in [7, 11) is -6.06. The van der Waals surface area contributed by atoms with Gasteiger partial charge in [0, 0.05) is 28.1 Å². The van der Waals surface area contributed by atoms with E-state index >= 15 is 0 Å². The van der Waals surface area contributed by atoms with E-state index in [1.54, 1.807) is 0 Å². The summed E-state index contributed by atoms with van der Waals surface area (Å²) >= 11 is 0. The molecule has 0 spiro atoms. The van der Waals surface area contributed by atoms with Gasteiger partial charge in [-0.1, -0.05) is 165 Å². The van der Waals surface area contributed by atoms with E-state index < -0.39 is 26.0 Å². The number of fused-ring (bicyclic) bond motifs is 2. The van der Waals surface area contributed by atoms with Gasteiger partial charge in [0.2, 0.25) is 0 Å². The van der Waals surface area contributed by atoms with Crippen molar-refractivity contribution in [2.75, 3.05) is 12.0 Å². The summed E-state index contributed by atoms with van der Waals surface area (Å²) in [5.41, 5.74) is 11.0. The molecular weight excluding hydrogens is 903 g/mol. The fourth-order valence-corrected chi connectivity index (χ4v) is 12.5. The zero-order valence-electron chi connectivity index (χ0n) is 34.0. The summed E-state index contributed by atoms with van der Waals surface area (Å²) in [6.45, 7) is 4.71. The quantitative estimate of drug-likeness (QED) is 0.0566. The van der Waals surface area contributed by atoms with Crippen molar-refractivity contribution >= 4 is 63.5 Å². The van der Waals surface area contributed by atoms with Crippen molar-refractivity contribution in [3.05, 3.63) is 223 Å². The third-order valence-corrected chi connectivity index (χ3v) is 15.4. The van der Waals surface area contributed by atoms with Crippen LogP contribution in [0.15, 0.2) is 206 Å². The first kappa shape index (κ1) is 45.3. The monoisotopic (exact) mass is 948 g/mol. The Hall–Kier alpha value is -5.21. The Morgan fingerprint density at radius 1 is 0.590 bits per heavy atom. The van der Waals surface area contributed by atoms with E-state index in [9.17, 15) is 0 Å². The number of nitrogens with two attached hydrogens (primary N) is 1. The average molecular weight is 949 g/mol. The summed E-state index contributed by atoms with van der Waals surface area (Å²) in [5.74, 6) is 2.05. The summed E-state index contributed by atoms with van der Waals surface area (Å²) in [6.07, 6.45) is 0.604. The second-order valence-corrected chi connectivity index (χ2v) is 20.8. The minimum absolute atomic E-state index is 0. The molecule has 0 aliphatic carbocycles. The minimum Gasteiger partial charge on any atom is -0.748 e. The maximum Gasteiger partial charge on any atom is 2.00 e. The number of para-hydroxylation sites is 3. The smallest absolute Gasteiger partial charge is 0.748 e. The molecule has 0 saturated heterocycles. The Bertz CT molecular complexity index is 2540. The Morgan fingerprint density at radius 2 is 1.05 bits per heavy atom. The van der Waals surface area contributed by atoms with Gasteiger partial charge >= 0.3 is 20.4 Å². The Kier molecular flexibility index (Phi) is 15.3. The fourth-order valence-electron chi connectivity index (χ4n) is 7.46. The topological polar surface area (TPSA) is 92.5 Å². The first-order chi connectivity index (χ1) is 29.0. The van der Waals surface area contributed by atoms with Gasteiger partial charge in [0.15, 0.2) is 5.75 Å². The Morgan fingerprint density at radius 3 is 1.56 bits per heavy atom. The molecule has 0 unspecified atom stereocenters. The van der Waals surface area contributed by atoms with E-state index in [1.807, 2.05) is 48.5 Å². The molecule has 0 fully saturated rings. The summed E-state index contributed by atoms with van der Waals surface area (Å²) in [6, 6.07) is 76.1. The molecule has 9 heteroatoms. The van der Waals surface area contributed by atoms with Gasteiger partial charge in [-0.15, -0.1) is 35.9 Å². The standard InChI is InChI=1S/C39H32OP2.C12H10N.CH4O3S.Pd/c1-39(2)33-25-15-27-35(41(29-17-7-3-8-18-29)30-19-9-4-10-20-30)37(33)40-38-34(39)26-16-28-36(38)42(31-21-11-5-12-22-31)32-23-13-6-14-24-32;13-12-9-5-4-8-11(12)10-6-2-1-3-7-10;1-5(2,3)4;/h3-28H,1-2H3;1-6,8-9H,13H2;1H3,(H,2,3,4);/q;-1;;+2. The van der Waals surface area contributed by atoms with E-state index in [2.05, 4.69) is 178 Å². The van der Waals surface area contributed by atoms with E-state index in [4.69, 9.17) is 23.4 Å². The van der Waals surface area contributed by atoms with Crippen molar-refractivity contribution in [1.82, 2.24) is 0 Å². The Labute approximate surface area is 376 Å². The summed E-state index contributed by atoms with van der Waals surface area (Å²) in [4.78, 5) is 0. The number of ether oxygens (including phenoxy) is 1. The van der Waals surface area contributed by atoms with Crippen molar-refractivity contribution in [1.29, 1.82) is 0 Å². The second kappa shape index (κ2) is 20.6. The van der Waals surface area contributed by atoms with Crippen LogP contribution in [0.4, 0.5) is 5.69 Å². The molecule has 0 atom stereocenters. The van der Waals surface area contributed by atoms with Crippen LogP contribution in [0, 0.1) is 6.07 Å². The van der Waals surface area contributed by atoms with Crippen LogP contribution in [0.1, 0.15) is 25.0 Å². The second-order valence-electron chi connectivity index (χ2n) is 14.7. The molecule has 0 saturated carbocycles. The molecule has 8 aromatic carbocycles. The molecule has 308 valence electrons. The van der Waals surface area contributed by atoms with Crippen LogP contribution in [-0.2, 0) is 36.0 Å². The van der Waals surface area contributed by atoms with Crippen molar-refractivity contribution in [3.63, 3.8) is 0 Å². The average Bonchev–Trinajstić information content (AvgIpc) is 3.26. The fraction of sp³-hybridized carbons (Fsp3) is 0.0769. The molecule has 9 rings (SSSR count). The van der Waals surface area contributed by atoms with E-state index in [0.717, 1.165) is 28.3 Å². The zero-order valence-corrected chi connectivity index (χ0v) is 38.3. The number of hydrogen-bond donors (Lipinski definition) is 1. The molecule has 0 radical (unpaired) electrons. The number of rotatable bonds is 7. The maximum atomic E-state index is 9.08. The van der Waals surface area contributed by atoms with Crippen molar-refractivity contribution in [2.24, 2.45) is 0 Å². The molecule has 8 aromatic rings. The molecular formula is C52H46NO4P2PdS+. The van der Waals surface area contributed by atoms with Gasteiger partial charge in [-0.25, -0.2) is 8.42 Å². The zero-order chi connectivity index (χ0) is 42.1. The summed E-state index contributed by atoms with van der Waals surface area (Å²) in [5, 5.41) is 7.93. The Balaban J connectivity index is 0.000000272. The van der Waals surface area contributed by atoms with Crippen LogP contribution < -0.4 is 42.3 Å². The van der Waals surface area contributed by atoms with E-state index in [1.165, 1.54) is 43.0 Å². The molecule has 1 aliphatic rings. The molecule has 61 heavy (non-hydrogen) atoms. The van der Waals surface area contributed by atoms with Gasteiger partial charge < -0.3 is 15.0 Å². The number of benzene rings is 8. The van der Waals surface area contributed by atoms with Crippen LogP contribution in [0.25, 0.3) is 11.1 Å². The number of anilines is 1. The van der Waals surface area contributed by atoms with Crippen LogP contribution in [0.3, 0.4) is 0 Å².